The molecule has 15 heteroatoms. The van der Waals surface area contributed by atoms with Gasteiger partial charge in [-0.15, -0.1) is 0 Å². The average molecular weight is 725 g/mol. The predicted molar refractivity (Wildman–Crippen MR) is 176 cm³/mol. The van der Waals surface area contributed by atoms with Gasteiger partial charge in [-0.25, -0.2) is 13.4 Å². The van der Waals surface area contributed by atoms with E-state index in [1.807, 2.05) is 48.8 Å². The summed E-state index contributed by atoms with van der Waals surface area (Å²) in [6, 6.07) is 11.6. The number of aromatic nitrogens is 2. The molecule has 8 fully saturated rings. The Hall–Kier alpha value is -2.98. The van der Waals surface area contributed by atoms with Crippen LogP contribution in [0.4, 0.5) is 0 Å². The lowest BCUT2D eigenvalue weighted by Crippen LogP contribution is -2.50. The Morgan fingerprint density at radius 1 is 0.694 bits per heavy atom. The summed E-state index contributed by atoms with van der Waals surface area (Å²) >= 11 is 0. The third-order valence-corrected chi connectivity index (χ3v) is 11.6. The molecule has 2 aromatic rings. The average Bonchev–Trinajstić information content (AvgIpc) is 3.02. The second-order valence-corrected chi connectivity index (χ2v) is 17.1. The molecule has 0 unspecified atom stereocenters. The van der Waals surface area contributed by atoms with Crippen molar-refractivity contribution in [1.29, 1.82) is 0 Å². The zero-order valence-corrected chi connectivity index (χ0v) is 29.0. The maximum Gasteiger partial charge on any atom is 0.321 e. The van der Waals surface area contributed by atoms with E-state index >= 15 is 0 Å². The monoisotopic (exact) mass is 724 g/mol. The van der Waals surface area contributed by atoms with Gasteiger partial charge >= 0.3 is 11.9 Å². The molecule has 0 radical (unpaired) electrons. The topological polar surface area (TPSA) is 222 Å². The minimum absolute atomic E-state index is 0.0859. The summed E-state index contributed by atoms with van der Waals surface area (Å²) in [5.74, 6) is 1.02. The molecular weight excluding hydrogens is 677 g/mol. The summed E-state index contributed by atoms with van der Waals surface area (Å²) in [7, 11) is -8.85. The molecule has 0 amide bonds. The first kappa shape index (κ1) is 38.8. The number of carbonyl (C=O) groups excluding carboxylic acids is 1. The van der Waals surface area contributed by atoms with Crippen LogP contribution in [0, 0.1) is 47.3 Å². The Bertz CT molecular complexity index is 1400. The number of esters is 1. The maximum absolute atomic E-state index is 11.4. The van der Waals surface area contributed by atoms with Crippen molar-refractivity contribution >= 4 is 32.2 Å². The van der Waals surface area contributed by atoms with Gasteiger partial charge in [-0.1, -0.05) is 12.1 Å². The van der Waals surface area contributed by atoms with E-state index in [9.17, 15) is 36.1 Å². The fourth-order valence-corrected chi connectivity index (χ4v) is 9.77. The molecule has 13 nitrogen and oxygen atoms in total. The summed E-state index contributed by atoms with van der Waals surface area (Å²) in [5, 5.41) is 17.5. The van der Waals surface area contributed by atoms with Gasteiger partial charge in [0.2, 0.25) is 0 Å². The first-order valence-corrected chi connectivity index (χ1v) is 20.1. The van der Waals surface area contributed by atoms with Crippen LogP contribution in [0.25, 0.3) is 0 Å². The minimum Gasteiger partial charge on any atom is -0.748 e. The number of pyridine rings is 2. The highest BCUT2D eigenvalue weighted by Crippen LogP contribution is 2.55. The number of hydrogen-bond acceptors (Lipinski definition) is 10. The van der Waals surface area contributed by atoms with Gasteiger partial charge in [0.05, 0.1) is 6.10 Å². The maximum atomic E-state index is 11.4. The van der Waals surface area contributed by atoms with Crippen molar-refractivity contribution < 1.29 is 55.5 Å². The summed E-state index contributed by atoms with van der Waals surface area (Å²) in [5.41, 5.74) is 0. The number of nitrogens with one attached hydrogen (secondary N) is 1. The van der Waals surface area contributed by atoms with Gasteiger partial charge in [0.15, 0.2) is 18.1 Å². The van der Waals surface area contributed by atoms with Crippen molar-refractivity contribution in [1.82, 2.24) is 4.98 Å². The highest BCUT2D eigenvalue weighted by atomic mass is 32.2. The van der Waals surface area contributed by atoms with Crippen LogP contribution >= 0.6 is 0 Å². The van der Waals surface area contributed by atoms with E-state index in [4.69, 9.17) is 14.4 Å². The third kappa shape index (κ3) is 13.3. The van der Waals surface area contributed by atoms with Crippen LogP contribution in [0.2, 0.25) is 0 Å². The van der Waals surface area contributed by atoms with Gasteiger partial charge in [0.1, 0.15) is 22.0 Å². The highest BCUT2D eigenvalue weighted by Gasteiger charge is 2.50. The first-order valence-electron chi connectivity index (χ1n) is 16.9. The number of aliphatic hydroxyl groups excluding tert-OH is 1. The molecule has 4 N–H and O–H groups in total. The van der Waals surface area contributed by atoms with Crippen LogP contribution in [0.1, 0.15) is 64.2 Å². The molecule has 0 atom stereocenters. The molecule has 2 aromatic heterocycles. The number of hydrogen-bond donors (Lipinski definition) is 3. The predicted octanol–water partition coefficient (Wildman–Crippen LogP) is 3.24. The van der Waals surface area contributed by atoms with E-state index in [1.54, 1.807) is 12.4 Å². The van der Waals surface area contributed by atoms with Gasteiger partial charge in [-0.05, 0) is 124 Å². The van der Waals surface area contributed by atoms with Crippen LogP contribution in [0.5, 0.6) is 0 Å². The number of carbonyl (C=O) groups is 2. The molecule has 8 saturated carbocycles. The van der Waals surface area contributed by atoms with Crippen molar-refractivity contribution in [3.05, 3.63) is 61.2 Å². The summed E-state index contributed by atoms with van der Waals surface area (Å²) in [4.78, 5) is 27.6. The number of nitrogens with zero attached hydrogens (tertiary/aromatic N) is 1. The van der Waals surface area contributed by atoms with Crippen molar-refractivity contribution in [2.45, 2.75) is 76.4 Å². The van der Waals surface area contributed by atoms with Crippen molar-refractivity contribution in [2.75, 3.05) is 11.5 Å². The molecule has 0 saturated heterocycles. The zero-order valence-electron chi connectivity index (χ0n) is 27.4. The van der Waals surface area contributed by atoms with E-state index in [2.05, 4.69) is 9.97 Å². The number of carboxylic acids is 1. The number of aromatic amines is 1. The first-order chi connectivity index (χ1) is 23.1. The van der Waals surface area contributed by atoms with Gasteiger partial charge in [-0.3, -0.25) is 19.1 Å². The quantitative estimate of drug-likeness (QED) is 0.299. The molecule has 8 aliphatic carbocycles. The molecule has 8 aliphatic rings. The van der Waals surface area contributed by atoms with Gasteiger partial charge in [-0.2, -0.15) is 8.42 Å². The largest absolute Gasteiger partial charge is 0.748 e. The fourth-order valence-electron chi connectivity index (χ4n) is 9.10. The summed E-state index contributed by atoms with van der Waals surface area (Å²) in [6.07, 6.45) is 19.7. The molecule has 0 spiro atoms. The molecular formula is C34H48N2O11S2. The standard InChI is InChI=1S/C12H18O5S.C10H16O.2C5H5N.C2H4O5S/c13-11(6-18(14,15)16)17-12-9-2-7-1-8(4-9)5-10(12)3-7;11-10-8-2-6-1-7(4-8)5-9(10)3-6;2*1-2-4-6-5-3-1;3-2(4)1-8(5,6)7/h7-10,12H,1-6H2,(H,14,15,16);6-11H,1-5H2;2*1-5H;1H2,(H,3,4)(H,5,6,7). The summed E-state index contributed by atoms with van der Waals surface area (Å²) < 4.78 is 63.9. The van der Waals surface area contributed by atoms with Gasteiger partial charge in [0.25, 0.3) is 10.1 Å². The van der Waals surface area contributed by atoms with Crippen LogP contribution in [-0.4, -0.2) is 76.8 Å². The van der Waals surface area contributed by atoms with E-state index < -0.39 is 43.7 Å². The molecule has 0 aliphatic heterocycles. The van der Waals surface area contributed by atoms with E-state index in [0.29, 0.717) is 23.7 Å². The van der Waals surface area contributed by atoms with Crippen LogP contribution in [0.3, 0.4) is 0 Å². The molecule has 10 rings (SSSR count). The van der Waals surface area contributed by atoms with Crippen LogP contribution < -0.4 is 4.98 Å². The number of rotatable bonds is 5. The minimum atomic E-state index is -4.52. The van der Waals surface area contributed by atoms with Gasteiger partial charge < -0.3 is 19.5 Å². The molecule has 2 heterocycles. The number of ether oxygens (including phenoxy) is 1. The van der Waals surface area contributed by atoms with E-state index in [1.165, 1.54) is 38.5 Å². The lowest BCUT2D eigenvalue weighted by molar-refractivity contribution is -0.378. The van der Waals surface area contributed by atoms with Gasteiger partial charge in [0, 0.05) is 24.5 Å². The Morgan fingerprint density at radius 3 is 1.39 bits per heavy atom. The van der Waals surface area contributed by atoms with Crippen LogP contribution in [0.15, 0.2) is 61.2 Å². The molecule has 49 heavy (non-hydrogen) atoms. The molecule has 0 aromatic carbocycles. The van der Waals surface area contributed by atoms with Crippen molar-refractivity contribution in [3.8, 4) is 0 Å². The Labute approximate surface area is 288 Å². The Balaban J connectivity index is 0.000000149. The third-order valence-electron chi connectivity index (χ3n) is 10.4. The normalized spacial score (nSPS) is 32.7. The highest BCUT2D eigenvalue weighted by molar-refractivity contribution is 7.86. The second-order valence-electron chi connectivity index (χ2n) is 14.2. The van der Waals surface area contributed by atoms with E-state index in [0.717, 1.165) is 49.4 Å². The second kappa shape index (κ2) is 17.8. The summed E-state index contributed by atoms with van der Waals surface area (Å²) in [6.45, 7) is 0. The lowest BCUT2D eigenvalue weighted by Gasteiger charge is -2.53. The van der Waals surface area contributed by atoms with E-state index in [-0.39, 0.29) is 12.2 Å². The molecule has 272 valence electrons. The SMILES string of the molecule is O=C(CS(=O)(=O)[O-])OC1C2CC3CC(C2)CC1C3.O=C(O)CS(=O)(=O)O.OC1C2CC3CC(C2)CC1C3.c1cc[nH+]cc1.c1ccncc1. The number of aliphatic carboxylic acids is 1. The number of aliphatic hydroxyl groups is 1. The molecule has 8 bridgehead atoms. The van der Waals surface area contributed by atoms with Crippen molar-refractivity contribution in [2.24, 2.45) is 47.3 Å². The fraction of sp³-hybridized carbons (Fsp3) is 0.647. The smallest absolute Gasteiger partial charge is 0.321 e. The zero-order chi connectivity index (χ0) is 35.6. The Morgan fingerprint density at radius 2 is 1.12 bits per heavy atom. The van der Waals surface area contributed by atoms with Crippen LogP contribution in [-0.2, 0) is 34.6 Å². The lowest BCUT2D eigenvalue weighted by atomic mass is 9.55. The Kier molecular flexibility index (Phi) is 14.1. The number of H-pyrrole nitrogens is 1. The van der Waals surface area contributed by atoms with Crippen molar-refractivity contribution in [3.63, 3.8) is 0 Å². The number of carboxylic acid groups (broad SMARTS) is 1.